The van der Waals surface area contributed by atoms with Crippen LogP contribution in [0.2, 0.25) is 0 Å². The largest absolute Gasteiger partial charge is 0.469 e. The molecule has 1 heterocycles. The molecule has 0 unspecified atom stereocenters. The van der Waals surface area contributed by atoms with Gasteiger partial charge in [-0.05, 0) is 6.92 Å². The minimum absolute atomic E-state index is 0.0859. The predicted molar refractivity (Wildman–Crippen MR) is 65.0 cm³/mol. The van der Waals surface area contributed by atoms with Crippen molar-refractivity contribution in [3.63, 3.8) is 0 Å². The molecule has 0 aliphatic rings. The van der Waals surface area contributed by atoms with Crippen LogP contribution in [0.25, 0.3) is 0 Å². The summed E-state index contributed by atoms with van der Waals surface area (Å²) in [5, 5.41) is 7.93. The number of aromatic nitrogens is 1. The number of ether oxygens (including phenoxy) is 1. The van der Waals surface area contributed by atoms with Gasteiger partial charge in [-0.3, -0.25) is 9.59 Å². The van der Waals surface area contributed by atoms with E-state index in [-0.39, 0.29) is 24.8 Å². The average molecular weight is 257 g/mol. The minimum atomic E-state index is -0.328. The Bertz CT molecular complexity index is 392. The second kappa shape index (κ2) is 6.85. The molecular weight excluding hydrogens is 242 g/mol. The number of likely N-dealkylation sites (N-methyl/N-ethyl adjacent to an activating group) is 1. The Morgan fingerprint density at radius 3 is 2.94 bits per heavy atom. The molecule has 0 fully saturated rings. The van der Waals surface area contributed by atoms with Crippen LogP contribution in [0, 0.1) is 0 Å². The highest BCUT2D eigenvalue weighted by Crippen LogP contribution is 2.15. The number of rotatable bonds is 6. The predicted octanol–water partition coefficient (Wildman–Crippen LogP) is 0.407. The van der Waals surface area contributed by atoms with Gasteiger partial charge in [0.2, 0.25) is 5.91 Å². The van der Waals surface area contributed by atoms with Crippen LogP contribution < -0.4 is 10.6 Å². The standard InChI is InChI=1S/C10H15N3O3S/c1-3-11-8(14)5-12-10-13-7(6-17-10)4-9(15)16-2/h6H,3-5H2,1-2H3,(H,11,14)(H,12,13). The van der Waals surface area contributed by atoms with Crippen molar-refractivity contribution < 1.29 is 14.3 Å². The van der Waals surface area contributed by atoms with Crippen LogP contribution in [0.15, 0.2) is 5.38 Å². The third-order valence-electron chi connectivity index (χ3n) is 1.88. The van der Waals surface area contributed by atoms with Gasteiger partial charge in [-0.1, -0.05) is 0 Å². The maximum Gasteiger partial charge on any atom is 0.311 e. The van der Waals surface area contributed by atoms with Crippen molar-refractivity contribution in [3.05, 3.63) is 11.1 Å². The van der Waals surface area contributed by atoms with Gasteiger partial charge in [-0.15, -0.1) is 11.3 Å². The number of methoxy groups -OCH3 is 1. The van der Waals surface area contributed by atoms with Crippen molar-refractivity contribution in [2.24, 2.45) is 0 Å². The molecule has 1 rings (SSSR count). The average Bonchev–Trinajstić information content (AvgIpc) is 2.74. The van der Waals surface area contributed by atoms with Crippen LogP contribution in [0.3, 0.4) is 0 Å². The van der Waals surface area contributed by atoms with E-state index in [0.717, 1.165) is 0 Å². The molecule has 2 N–H and O–H groups in total. The summed E-state index contributed by atoms with van der Waals surface area (Å²) in [5.74, 6) is -0.414. The number of nitrogens with one attached hydrogen (secondary N) is 2. The van der Waals surface area contributed by atoms with Gasteiger partial charge < -0.3 is 15.4 Å². The molecule has 94 valence electrons. The molecule has 0 spiro atoms. The lowest BCUT2D eigenvalue weighted by Crippen LogP contribution is -2.29. The smallest absolute Gasteiger partial charge is 0.311 e. The van der Waals surface area contributed by atoms with Gasteiger partial charge in [0.1, 0.15) is 0 Å². The fourth-order valence-electron chi connectivity index (χ4n) is 1.10. The van der Waals surface area contributed by atoms with E-state index in [0.29, 0.717) is 17.4 Å². The van der Waals surface area contributed by atoms with Crippen LogP contribution in [0.5, 0.6) is 0 Å². The lowest BCUT2D eigenvalue weighted by atomic mass is 10.3. The molecule has 0 aliphatic carbocycles. The highest BCUT2D eigenvalue weighted by atomic mass is 32.1. The zero-order valence-electron chi connectivity index (χ0n) is 9.78. The number of esters is 1. The minimum Gasteiger partial charge on any atom is -0.469 e. The van der Waals surface area contributed by atoms with Gasteiger partial charge in [0.15, 0.2) is 5.13 Å². The first-order chi connectivity index (χ1) is 8.15. The molecule has 17 heavy (non-hydrogen) atoms. The molecule has 0 atom stereocenters. The maximum atomic E-state index is 11.2. The summed E-state index contributed by atoms with van der Waals surface area (Å²) in [7, 11) is 1.34. The van der Waals surface area contributed by atoms with Crippen LogP contribution in [0.1, 0.15) is 12.6 Å². The SMILES string of the molecule is CCNC(=O)CNc1nc(CC(=O)OC)cs1. The van der Waals surface area contributed by atoms with Crippen molar-refractivity contribution >= 4 is 28.3 Å². The highest BCUT2D eigenvalue weighted by Gasteiger charge is 2.08. The molecule has 0 bridgehead atoms. The van der Waals surface area contributed by atoms with Crippen molar-refractivity contribution in [3.8, 4) is 0 Å². The second-order valence-corrected chi connectivity index (χ2v) is 4.06. The lowest BCUT2D eigenvalue weighted by Gasteiger charge is -2.02. The number of carbonyl (C=O) groups excluding carboxylic acids is 2. The van der Waals surface area contributed by atoms with Gasteiger partial charge in [0.25, 0.3) is 0 Å². The van der Waals surface area contributed by atoms with E-state index in [1.54, 1.807) is 5.38 Å². The third-order valence-corrected chi connectivity index (χ3v) is 2.73. The summed E-state index contributed by atoms with van der Waals surface area (Å²) < 4.78 is 4.53. The topological polar surface area (TPSA) is 80.3 Å². The number of hydrogen-bond acceptors (Lipinski definition) is 6. The summed E-state index contributed by atoms with van der Waals surface area (Å²) in [6.07, 6.45) is 0.149. The Balaban J connectivity index is 2.40. The van der Waals surface area contributed by atoms with Crippen LogP contribution in [-0.4, -0.2) is 37.1 Å². The molecule has 7 heteroatoms. The Labute approximate surface area is 103 Å². The molecule has 0 saturated heterocycles. The van der Waals surface area contributed by atoms with Crippen LogP contribution >= 0.6 is 11.3 Å². The zero-order valence-corrected chi connectivity index (χ0v) is 10.6. The normalized spacial score (nSPS) is 9.76. The molecular formula is C10H15N3O3S. The van der Waals surface area contributed by atoms with E-state index in [1.165, 1.54) is 18.4 Å². The fraction of sp³-hybridized carbons (Fsp3) is 0.500. The summed E-state index contributed by atoms with van der Waals surface area (Å²) in [6, 6.07) is 0. The van der Waals surface area contributed by atoms with E-state index < -0.39 is 0 Å². The van der Waals surface area contributed by atoms with E-state index in [2.05, 4.69) is 20.4 Å². The number of nitrogens with zero attached hydrogens (tertiary/aromatic N) is 1. The monoisotopic (exact) mass is 257 g/mol. The maximum absolute atomic E-state index is 11.2. The zero-order chi connectivity index (χ0) is 12.7. The number of thiazole rings is 1. The molecule has 0 aromatic carbocycles. The molecule has 6 nitrogen and oxygen atoms in total. The van der Waals surface area contributed by atoms with Crippen molar-refractivity contribution in [1.82, 2.24) is 10.3 Å². The van der Waals surface area contributed by atoms with Gasteiger partial charge in [-0.25, -0.2) is 4.98 Å². The Hall–Kier alpha value is -1.63. The second-order valence-electron chi connectivity index (χ2n) is 3.20. The van der Waals surface area contributed by atoms with E-state index in [1.807, 2.05) is 6.92 Å². The molecule has 0 aliphatic heterocycles. The molecule has 0 radical (unpaired) electrons. The number of hydrogen-bond donors (Lipinski definition) is 2. The first-order valence-corrected chi connectivity index (χ1v) is 6.05. The number of carbonyl (C=O) groups is 2. The highest BCUT2D eigenvalue weighted by molar-refractivity contribution is 7.13. The lowest BCUT2D eigenvalue weighted by molar-refractivity contribution is -0.139. The quantitative estimate of drug-likeness (QED) is 0.721. The Morgan fingerprint density at radius 1 is 1.53 bits per heavy atom. The summed E-state index contributed by atoms with van der Waals surface area (Å²) in [5.41, 5.74) is 0.639. The first kappa shape index (κ1) is 13.4. The van der Waals surface area contributed by atoms with E-state index in [9.17, 15) is 9.59 Å². The number of anilines is 1. The summed E-state index contributed by atoms with van der Waals surface area (Å²) in [6.45, 7) is 2.64. The Morgan fingerprint density at radius 2 is 2.29 bits per heavy atom. The van der Waals surface area contributed by atoms with Gasteiger partial charge in [0.05, 0.1) is 25.8 Å². The van der Waals surface area contributed by atoms with Gasteiger partial charge in [0, 0.05) is 11.9 Å². The first-order valence-electron chi connectivity index (χ1n) is 5.17. The molecule has 1 aromatic rings. The summed E-state index contributed by atoms with van der Waals surface area (Å²) in [4.78, 5) is 26.3. The van der Waals surface area contributed by atoms with E-state index in [4.69, 9.17) is 0 Å². The van der Waals surface area contributed by atoms with Crippen molar-refractivity contribution in [2.75, 3.05) is 25.5 Å². The van der Waals surface area contributed by atoms with E-state index >= 15 is 0 Å². The van der Waals surface area contributed by atoms with Crippen molar-refractivity contribution in [1.29, 1.82) is 0 Å². The van der Waals surface area contributed by atoms with Crippen molar-refractivity contribution in [2.45, 2.75) is 13.3 Å². The third kappa shape index (κ3) is 4.81. The molecule has 1 amide bonds. The fourth-order valence-corrected chi connectivity index (χ4v) is 1.81. The number of amides is 1. The van der Waals surface area contributed by atoms with Crippen LogP contribution in [0.4, 0.5) is 5.13 Å². The molecule has 1 aromatic heterocycles. The summed E-state index contributed by atoms with van der Waals surface area (Å²) >= 11 is 1.35. The van der Waals surface area contributed by atoms with Crippen LogP contribution in [-0.2, 0) is 20.7 Å². The van der Waals surface area contributed by atoms with Gasteiger partial charge >= 0.3 is 5.97 Å². The molecule has 0 saturated carbocycles. The Kier molecular flexibility index (Phi) is 5.41. The van der Waals surface area contributed by atoms with Gasteiger partial charge in [-0.2, -0.15) is 0 Å².